The van der Waals surface area contributed by atoms with Crippen LogP contribution >= 0.6 is 12.2 Å². The van der Waals surface area contributed by atoms with E-state index in [4.69, 9.17) is 4.74 Å². The molecule has 54 valence electrons. The Morgan fingerprint density at radius 2 is 2.33 bits per heavy atom. The van der Waals surface area contributed by atoms with Gasteiger partial charge in [-0.15, -0.1) is 0 Å². The third kappa shape index (κ3) is 5.77. The monoisotopic (exact) mass is 146 g/mol. The molecule has 1 unspecified atom stereocenters. The quantitative estimate of drug-likeness (QED) is 0.551. The second-order valence-electron chi connectivity index (χ2n) is 2.32. The Bertz CT molecular complexity index is 73.3. The van der Waals surface area contributed by atoms with Crippen LogP contribution in [0.25, 0.3) is 0 Å². The first-order valence-electron chi connectivity index (χ1n) is 3.36. The second kappa shape index (κ2) is 6.02. The van der Waals surface area contributed by atoms with Gasteiger partial charge in [0.05, 0.1) is 6.61 Å². The van der Waals surface area contributed by atoms with Crippen molar-refractivity contribution in [1.82, 2.24) is 0 Å². The summed E-state index contributed by atoms with van der Waals surface area (Å²) in [4.78, 5) is 0. The molecule has 1 atom stereocenters. The van der Waals surface area contributed by atoms with E-state index in [9.17, 15) is 0 Å². The molecule has 0 aliphatic carbocycles. The van der Waals surface area contributed by atoms with Crippen LogP contribution < -0.4 is 0 Å². The molecule has 1 nitrogen and oxygen atoms in total. The number of hydrogen-bond acceptors (Lipinski definition) is 2. The Hall–Kier alpha value is -0.110. The summed E-state index contributed by atoms with van der Waals surface area (Å²) in [5.74, 6) is 0.647. The molecule has 0 bridgehead atoms. The molecular formula is C7H14OS. The van der Waals surface area contributed by atoms with Crippen LogP contribution in [0.4, 0.5) is 0 Å². The standard InChI is InChI=1S/C7H14OS/c1-3-4-7(2)5-8-6-9/h6-7H,3-5H2,1-2H3. The summed E-state index contributed by atoms with van der Waals surface area (Å²) in [6.07, 6.45) is 2.45. The smallest absolute Gasteiger partial charge is 0.146 e. The third-order valence-corrected chi connectivity index (χ3v) is 1.37. The van der Waals surface area contributed by atoms with Crippen molar-refractivity contribution in [3.63, 3.8) is 0 Å². The summed E-state index contributed by atoms with van der Waals surface area (Å²) in [5.41, 5.74) is 1.34. The van der Waals surface area contributed by atoms with Gasteiger partial charge >= 0.3 is 0 Å². The maximum absolute atomic E-state index is 4.94. The first-order chi connectivity index (χ1) is 4.31. The van der Waals surface area contributed by atoms with Gasteiger partial charge in [-0.2, -0.15) is 0 Å². The van der Waals surface area contributed by atoms with E-state index in [1.165, 1.54) is 18.4 Å². The zero-order valence-electron chi connectivity index (χ0n) is 6.09. The largest absolute Gasteiger partial charge is 0.490 e. The van der Waals surface area contributed by atoms with Crippen molar-refractivity contribution < 1.29 is 4.74 Å². The van der Waals surface area contributed by atoms with E-state index >= 15 is 0 Å². The Morgan fingerprint density at radius 3 is 2.78 bits per heavy atom. The molecule has 0 saturated carbocycles. The SMILES string of the molecule is CCCC(C)COC=S. The van der Waals surface area contributed by atoms with Crippen molar-refractivity contribution in [1.29, 1.82) is 0 Å². The Balaban J connectivity index is 3.04. The highest BCUT2D eigenvalue weighted by atomic mass is 32.1. The van der Waals surface area contributed by atoms with Crippen LogP contribution in [0.2, 0.25) is 0 Å². The predicted octanol–water partition coefficient (Wildman–Crippen LogP) is 2.40. The molecule has 9 heavy (non-hydrogen) atoms. The maximum Gasteiger partial charge on any atom is 0.146 e. The van der Waals surface area contributed by atoms with E-state index < -0.39 is 0 Å². The van der Waals surface area contributed by atoms with Gasteiger partial charge in [0, 0.05) is 0 Å². The fourth-order valence-corrected chi connectivity index (χ4v) is 0.858. The Labute approximate surface area is 62.4 Å². The molecule has 2 heteroatoms. The van der Waals surface area contributed by atoms with Crippen LogP contribution in [0.5, 0.6) is 0 Å². The van der Waals surface area contributed by atoms with E-state index in [-0.39, 0.29) is 0 Å². The van der Waals surface area contributed by atoms with E-state index in [0.29, 0.717) is 5.92 Å². The lowest BCUT2D eigenvalue weighted by molar-refractivity contribution is 0.256. The highest BCUT2D eigenvalue weighted by Crippen LogP contribution is 2.03. The first-order valence-corrected chi connectivity index (χ1v) is 3.83. The molecule has 0 N–H and O–H groups in total. The molecule has 0 spiro atoms. The summed E-state index contributed by atoms with van der Waals surface area (Å²) in [5, 5.41) is 0. The van der Waals surface area contributed by atoms with Gasteiger partial charge in [0.2, 0.25) is 0 Å². The minimum absolute atomic E-state index is 0.647. The molecule has 0 radical (unpaired) electrons. The van der Waals surface area contributed by atoms with Crippen LogP contribution in [0.1, 0.15) is 26.7 Å². The van der Waals surface area contributed by atoms with E-state index in [1.54, 1.807) is 0 Å². The number of hydrogen-bond donors (Lipinski definition) is 0. The van der Waals surface area contributed by atoms with E-state index in [0.717, 1.165) is 6.61 Å². The second-order valence-corrected chi connectivity index (χ2v) is 2.52. The minimum atomic E-state index is 0.647. The van der Waals surface area contributed by atoms with Crippen molar-refractivity contribution in [3.8, 4) is 0 Å². The molecule has 0 aliphatic heterocycles. The van der Waals surface area contributed by atoms with Crippen LogP contribution in [-0.4, -0.2) is 12.2 Å². The van der Waals surface area contributed by atoms with Gasteiger partial charge in [0.1, 0.15) is 5.55 Å². The van der Waals surface area contributed by atoms with Crippen molar-refractivity contribution in [2.24, 2.45) is 5.92 Å². The number of thiocarbonyl (C=S) groups is 1. The van der Waals surface area contributed by atoms with Gasteiger partial charge in [-0.3, -0.25) is 0 Å². The molecular weight excluding hydrogens is 132 g/mol. The summed E-state index contributed by atoms with van der Waals surface area (Å²) in [7, 11) is 0. The third-order valence-electron chi connectivity index (χ3n) is 1.23. The van der Waals surface area contributed by atoms with Gasteiger partial charge in [-0.25, -0.2) is 0 Å². The zero-order chi connectivity index (χ0) is 7.11. The van der Waals surface area contributed by atoms with Crippen molar-refractivity contribution >= 4 is 17.8 Å². The minimum Gasteiger partial charge on any atom is -0.490 e. The van der Waals surface area contributed by atoms with Crippen LogP contribution in [0.15, 0.2) is 0 Å². The fourth-order valence-electron chi connectivity index (χ4n) is 0.780. The molecule has 0 aromatic rings. The summed E-state index contributed by atoms with van der Waals surface area (Å²) in [6, 6.07) is 0. The molecule has 0 saturated heterocycles. The van der Waals surface area contributed by atoms with E-state index in [1.807, 2.05) is 0 Å². The van der Waals surface area contributed by atoms with Crippen LogP contribution in [-0.2, 0) is 4.74 Å². The molecule has 0 amide bonds. The topological polar surface area (TPSA) is 9.23 Å². The zero-order valence-corrected chi connectivity index (χ0v) is 6.91. The molecule has 0 aromatic heterocycles. The van der Waals surface area contributed by atoms with Crippen molar-refractivity contribution in [3.05, 3.63) is 0 Å². The van der Waals surface area contributed by atoms with Gasteiger partial charge in [0.15, 0.2) is 0 Å². The summed E-state index contributed by atoms with van der Waals surface area (Å²) < 4.78 is 4.94. The fraction of sp³-hybridized carbons (Fsp3) is 0.857. The molecule has 0 aromatic carbocycles. The lowest BCUT2D eigenvalue weighted by atomic mass is 10.1. The van der Waals surface area contributed by atoms with Gasteiger partial charge in [0.25, 0.3) is 0 Å². The molecule has 0 fully saturated rings. The summed E-state index contributed by atoms with van der Waals surface area (Å²) >= 11 is 4.51. The van der Waals surface area contributed by atoms with Crippen LogP contribution in [0, 0.1) is 5.92 Å². The normalized spacial score (nSPS) is 12.7. The Morgan fingerprint density at radius 1 is 1.67 bits per heavy atom. The average Bonchev–Trinajstić information content (AvgIpc) is 1.85. The summed E-state index contributed by atoms with van der Waals surface area (Å²) in [6.45, 7) is 5.12. The average molecular weight is 146 g/mol. The predicted molar refractivity (Wildman–Crippen MR) is 43.7 cm³/mol. The van der Waals surface area contributed by atoms with Gasteiger partial charge in [-0.1, -0.05) is 20.3 Å². The first kappa shape index (κ1) is 8.89. The molecule has 0 aliphatic rings. The molecule has 0 rings (SSSR count). The van der Waals surface area contributed by atoms with E-state index in [2.05, 4.69) is 26.1 Å². The molecule has 0 heterocycles. The lowest BCUT2D eigenvalue weighted by Crippen LogP contribution is -2.03. The number of ether oxygens (including phenoxy) is 1. The highest BCUT2D eigenvalue weighted by Gasteiger charge is 1.97. The lowest BCUT2D eigenvalue weighted by Gasteiger charge is -2.06. The highest BCUT2D eigenvalue weighted by molar-refractivity contribution is 7.78. The number of rotatable bonds is 5. The Kier molecular flexibility index (Phi) is 5.94. The maximum atomic E-state index is 4.94. The van der Waals surface area contributed by atoms with Crippen molar-refractivity contribution in [2.75, 3.05) is 6.61 Å². The van der Waals surface area contributed by atoms with Gasteiger partial charge in [-0.05, 0) is 24.6 Å². The van der Waals surface area contributed by atoms with Crippen molar-refractivity contribution in [2.45, 2.75) is 26.7 Å². The van der Waals surface area contributed by atoms with Gasteiger partial charge < -0.3 is 4.74 Å². The van der Waals surface area contributed by atoms with Crippen LogP contribution in [0.3, 0.4) is 0 Å².